The number of methoxy groups -OCH3 is 1. The zero-order valence-corrected chi connectivity index (χ0v) is 20.9. The number of aliphatic hydroxyl groups excluding tert-OH is 1. The van der Waals surface area contributed by atoms with Crippen LogP contribution in [0.15, 0.2) is 34.8 Å². The van der Waals surface area contributed by atoms with E-state index in [4.69, 9.17) is 38.4 Å². The summed E-state index contributed by atoms with van der Waals surface area (Å²) in [7, 11) is 1.49. The van der Waals surface area contributed by atoms with Crippen molar-refractivity contribution >= 4 is 56.6 Å². The second kappa shape index (κ2) is 11.3. The summed E-state index contributed by atoms with van der Waals surface area (Å²) in [4.78, 5) is 0. The highest BCUT2D eigenvalue weighted by atomic mass is 79.9. The molecule has 0 aliphatic heterocycles. The highest BCUT2D eigenvalue weighted by Gasteiger charge is 2.20. The van der Waals surface area contributed by atoms with Crippen molar-refractivity contribution in [1.82, 2.24) is 9.78 Å². The number of allylic oxidation sites excluding steroid dienone is 1. The Balaban J connectivity index is 1.96. The van der Waals surface area contributed by atoms with Crippen molar-refractivity contribution in [2.45, 2.75) is 13.2 Å². The maximum absolute atomic E-state index is 9.74. The molecule has 1 aromatic heterocycles. The number of ether oxygens (including phenoxy) is 2. The summed E-state index contributed by atoms with van der Waals surface area (Å²) >= 11 is 15.7. The number of halogens is 3. The van der Waals surface area contributed by atoms with E-state index in [0.29, 0.717) is 31.6 Å². The Morgan fingerprint density at radius 1 is 1.29 bits per heavy atom. The van der Waals surface area contributed by atoms with Crippen LogP contribution in [0.4, 0.5) is 5.82 Å². The van der Waals surface area contributed by atoms with Gasteiger partial charge in [0.15, 0.2) is 11.5 Å². The zero-order valence-electron chi connectivity index (χ0n) is 17.8. The van der Waals surface area contributed by atoms with Crippen molar-refractivity contribution in [2.24, 2.45) is 0 Å². The third kappa shape index (κ3) is 5.46. The van der Waals surface area contributed by atoms with Crippen molar-refractivity contribution in [2.75, 3.05) is 19.5 Å². The minimum atomic E-state index is -0.214. The quantitative estimate of drug-likeness (QED) is 0.367. The Hall–Kier alpha value is -3.21. The fourth-order valence-corrected chi connectivity index (χ4v) is 4.15. The van der Waals surface area contributed by atoms with E-state index in [-0.39, 0.29) is 42.4 Å². The zero-order chi connectivity index (χ0) is 24.8. The van der Waals surface area contributed by atoms with E-state index in [1.54, 1.807) is 36.4 Å². The summed E-state index contributed by atoms with van der Waals surface area (Å²) in [5.41, 5.74) is 7.60. The molecule has 0 unspecified atom stereocenters. The summed E-state index contributed by atoms with van der Waals surface area (Å²) < 4.78 is 13.3. The van der Waals surface area contributed by atoms with E-state index < -0.39 is 0 Å². The van der Waals surface area contributed by atoms with E-state index in [2.05, 4.69) is 27.1 Å². The van der Waals surface area contributed by atoms with Gasteiger partial charge in [0, 0.05) is 15.6 Å². The van der Waals surface area contributed by atoms with E-state index in [0.717, 1.165) is 5.56 Å². The maximum Gasteiger partial charge on any atom is 0.175 e. The fraction of sp³-hybridized carbons (Fsp3) is 0.174. The van der Waals surface area contributed by atoms with Crippen molar-refractivity contribution in [3.05, 3.63) is 67.2 Å². The largest absolute Gasteiger partial charge is 0.493 e. The lowest BCUT2D eigenvalue weighted by atomic mass is 10.1. The average molecular weight is 563 g/mol. The normalized spacial score (nSPS) is 11.1. The van der Waals surface area contributed by atoms with E-state index in [9.17, 15) is 15.6 Å². The number of hydrogen-bond acceptors (Lipinski definition) is 7. The number of rotatable bonds is 8. The van der Waals surface area contributed by atoms with Crippen LogP contribution in [-0.4, -0.2) is 28.6 Å². The number of hydrogen-bond donors (Lipinski definition) is 2. The number of aromatic nitrogens is 2. The fourth-order valence-electron chi connectivity index (χ4n) is 3.11. The highest BCUT2D eigenvalue weighted by molar-refractivity contribution is 9.10. The summed E-state index contributed by atoms with van der Waals surface area (Å²) in [5.74, 6) is 0.934. The summed E-state index contributed by atoms with van der Waals surface area (Å²) in [5, 5.41) is 33.7. The van der Waals surface area contributed by atoms with Crippen LogP contribution in [0.2, 0.25) is 10.0 Å². The molecule has 1 heterocycles. The van der Waals surface area contributed by atoms with Gasteiger partial charge >= 0.3 is 0 Å². The van der Waals surface area contributed by atoms with Crippen molar-refractivity contribution in [3.8, 4) is 23.6 Å². The Labute approximate surface area is 214 Å². The smallest absolute Gasteiger partial charge is 0.175 e. The van der Waals surface area contributed by atoms with Crippen LogP contribution in [0.25, 0.3) is 11.6 Å². The highest BCUT2D eigenvalue weighted by Crippen LogP contribution is 2.39. The van der Waals surface area contributed by atoms with Crippen LogP contribution < -0.4 is 15.2 Å². The average Bonchev–Trinajstić information content (AvgIpc) is 3.12. The molecule has 8 nitrogen and oxygen atoms in total. The molecule has 0 saturated carbocycles. The molecule has 3 rings (SSSR count). The first kappa shape index (κ1) is 25.4. The van der Waals surface area contributed by atoms with Crippen LogP contribution in [0.5, 0.6) is 11.5 Å². The second-order valence-corrected chi connectivity index (χ2v) is 8.59. The molecule has 0 saturated heterocycles. The van der Waals surface area contributed by atoms with Crippen molar-refractivity contribution in [3.63, 3.8) is 0 Å². The topological polar surface area (TPSA) is 130 Å². The molecular weight excluding hydrogens is 545 g/mol. The van der Waals surface area contributed by atoms with E-state index >= 15 is 0 Å². The Morgan fingerprint density at radius 2 is 2.06 bits per heavy atom. The number of nitrogens with zero attached hydrogens (tertiary/aromatic N) is 4. The Morgan fingerprint density at radius 3 is 2.68 bits per heavy atom. The maximum atomic E-state index is 9.74. The number of nitriles is 2. The number of aliphatic hydroxyl groups is 1. The minimum absolute atomic E-state index is 0.0621. The summed E-state index contributed by atoms with van der Waals surface area (Å²) in [6, 6.07) is 12.6. The van der Waals surface area contributed by atoms with Crippen LogP contribution in [-0.2, 0) is 13.2 Å². The van der Waals surface area contributed by atoms with Gasteiger partial charge in [-0.3, -0.25) is 0 Å². The molecule has 0 amide bonds. The van der Waals surface area contributed by atoms with Crippen LogP contribution in [0.3, 0.4) is 0 Å². The molecule has 0 spiro atoms. The van der Waals surface area contributed by atoms with Gasteiger partial charge in [0.25, 0.3) is 0 Å². The molecule has 0 aliphatic carbocycles. The standard InChI is InChI=1S/C23H18BrCl2N5O3/c1-33-20-8-13(6-15(10-27)21-17(11-28)23(29)31(30-21)4-5-32)7-18(24)22(20)34-12-14-2-3-16(25)9-19(14)26/h2-3,6-9,32H,4-5,12,29H2,1H3/b15-6+. The predicted molar refractivity (Wildman–Crippen MR) is 133 cm³/mol. The minimum Gasteiger partial charge on any atom is -0.493 e. The van der Waals surface area contributed by atoms with Gasteiger partial charge < -0.3 is 20.3 Å². The van der Waals surface area contributed by atoms with Gasteiger partial charge in [0.2, 0.25) is 0 Å². The summed E-state index contributed by atoms with van der Waals surface area (Å²) in [6.07, 6.45) is 1.55. The molecule has 0 fully saturated rings. The van der Waals surface area contributed by atoms with Gasteiger partial charge in [-0.25, -0.2) is 4.68 Å². The van der Waals surface area contributed by atoms with Crippen molar-refractivity contribution < 1.29 is 14.6 Å². The Bertz CT molecular complexity index is 1340. The first-order chi connectivity index (χ1) is 16.3. The van der Waals surface area contributed by atoms with Crippen LogP contribution >= 0.6 is 39.1 Å². The lowest BCUT2D eigenvalue weighted by molar-refractivity contribution is 0.270. The van der Waals surface area contributed by atoms with Gasteiger partial charge in [0.1, 0.15) is 35.8 Å². The van der Waals surface area contributed by atoms with Gasteiger partial charge in [-0.05, 0) is 51.8 Å². The lowest BCUT2D eigenvalue weighted by Gasteiger charge is -2.14. The third-order valence-corrected chi connectivity index (χ3v) is 5.92. The molecule has 3 N–H and O–H groups in total. The second-order valence-electron chi connectivity index (χ2n) is 6.90. The molecule has 0 radical (unpaired) electrons. The number of nitrogen functional groups attached to an aromatic ring is 1. The SMILES string of the molecule is COc1cc(/C=C(\C#N)c2nn(CCO)c(N)c2C#N)cc(Br)c1OCc1ccc(Cl)cc1Cl. The molecule has 3 aromatic rings. The molecule has 0 aliphatic rings. The first-order valence-corrected chi connectivity index (χ1v) is 11.3. The molecule has 11 heteroatoms. The number of nitrogens with two attached hydrogens (primary N) is 1. The first-order valence-electron chi connectivity index (χ1n) is 9.76. The summed E-state index contributed by atoms with van der Waals surface area (Å²) in [6.45, 7) is 0.0631. The van der Waals surface area contributed by atoms with Gasteiger partial charge in [-0.15, -0.1) is 0 Å². The molecular formula is C23H18BrCl2N5O3. The third-order valence-electron chi connectivity index (χ3n) is 4.74. The Kier molecular flexibility index (Phi) is 8.43. The lowest BCUT2D eigenvalue weighted by Crippen LogP contribution is -2.07. The molecule has 34 heavy (non-hydrogen) atoms. The molecule has 174 valence electrons. The molecule has 0 bridgehead atoms. The number of benzene rings is 2. The van der Waals surface area contributed by atoms with Gasteiger partial charge in [0.05, 0.1) is 30.3 Å². The number of anilines is 1. The monoisotopic (exact) mass is 561 g/mol. The van der Waals surface area contributed by atoms with Gasteiger partial charge in [-0.1, -0.05) is 29.3 Å². The van der Waals surface area contributed by atoms with Crippen LogP contribution in [0, 0.1) is 22.7 Å². The van der Waals surface area contributed by atoms with E-state index in [1.165, 1.54) is 11.8 Å². The van der Waals surface area contributed by atoms with E-state index in [1.807, 2.05) is 6.07 Å². The van der Waals surface area contributed by atoms with Crippen LogP contribution in [0.1, 0.15) is 22.4 Å². The molecule has 2 aromatic carbocycles. The van der Waals surface area contributed by atoms with Crippen molar-refractivity contribution in [1.29, 1.82) is 10.5 Å². The molecule has 0 atom stereocenters. The van der Waals surface area contributed by atoms with Gasteiger partial charge in [-0.2, -0.15) is 15.6 Å². The predicted octanol–water partition coefficient (Wildman–Crippen LogP) is 5.05.